The van der Waals surface area contributed by atoms with Crippen molar-refractivity contribution in [3.05, 3.63) is 0 Å². The Hall–Kier alpha value is -1.10. The Morgan fingerprint density at radius 2 is 1.71 bits per heavy atom. The number of carboxylic acid groups (broad SMARTS) is 1. The summed E-state index contributed by atoms with van der Waals surface area (Å²) >= 11 is 0. The van der Waals surface area contributed by atoms with Gasteiger partial charge in [0.25, 0.3) is 0 Å². The van der Waals surface area contributed by atoms with Crippen molar-refractivity contribution < 1.29 is 14.7 Å². The van der Waals surface area contributed by atoms with Crippen LogP contribution in [0.15, 0.2) is 0 Å². The number of aliphatic carboxylic acids is 1. The summed E-state index contributed by atoms with van der Waals surface area (Å²) in [7, 11) is 0. The van der Waals surface area contributed by atoms with Gasteiger partial charge in [-0.2, -0.15) is 0 Å². The first-order valence-electron chi connectivity index (χ1n) is 8.29. The number of rotatable bonds is 6. The molecule has 0 radical (unpaired) electrons. The molecule has 2 N–H and O–H groups in total. The van der Waals surface area contributed by atoms with Crippen LogP contribution in [0.1, 0.15) is 45.4 Å². The zero-order chi connectivity index (χ0) is 15.2. The summed E-state index contributed by atoms with van der Waals surface area (Å²) in [5, 5.41) is 12.0. The fourth-order valence-electron chi connectivity index (χ4n) is 3.49. The highest BCUT2D eigenvalue weighted by Crippen LogP contribution is 2.29. The van der Waals surface area contributed by atoms with Crippen molar-refractivity contribution in [2.75, 3.05) is 26.2 Å². The van der Waals surface area contributed by atoms with Gasteiger partial charge >= 0.3 is 5.97 Å². The Morgan fingerprint density at radius 1 is 1.14 bits per heavy atom. The van der Waals surface area contributed by atoms with Crippen molar-refractivity contribution in [3.63, 3.8) is 0 Å². The molecule has 0 spiro atoms. The van der Waals surface area contributed by atoms with Crippen LogP contribution in [0.25, 0.3) is 0 Å². The van der Waals surface area contributed by atoms with E-state index in [0.717, 1.165) is 13.1 Å². The molecular weight excluding hydrogens is 268 g/mol. The van der Waals surface area contributed by atoms with E-state index in [1.54, 1.807) is 0 Å². The first-order valence-corrected chi connectivity index (χ1v) is 8.29. The van der Waals surface area contributed by atoms with Gasteiger partial charge in [0.15, 0.2) is 0 Å². The molecule has 2 rings (SSSR count). The number of amides is 1. The Morgan fingerprint density at radius 3 is 2.29 bits per heavy atom. The van der Waals surface area contributed by atoms with E-state index in [0.29, 0.717) is 31.6 Å². The molecule has 0 aromatic heterocycles. The Balaban J connectivity index is 1.64. The lowest BCUT2D eigenvalue weighted by Crippen LogP contribution is -2.38. The fourth-order valence-corrected chi connectivity index (χ4v) is 3.49. The largest absolute Gasteiger partial charge is 0.481 e. The maximum Gasteiger partial charge on any atom is 0.306 e. The van der Waals surface area contributed by atoms with E-state index in [4.69, 9.17) is 5.11 Å². The minimum absolute atomic E-state index is 0.0135. The molecule has 120 valence electrons. The van der Waals surface area contributed by atoms with Crippen LogP contribution in [0.3, 0.4) is 0 Å². The minimum atomic E-state index is -0.715. The van der Waals surface area contributed by atoms with Crippen molar-refractivity contribution in [1.82, 2.24) is 10.2 Å². The zero-order valence-corrected chi connectivity index (χ0v) is 13.0. The number of carboxylic acids is 1. The van der Waals surface area contributed by atoms with E-state index in [1.807, 2.05) is 0 Å². The summed E-state index contributed by atoms with van der Waals surface area (Å²) < 4.78 is 0. The molecule has 0 bridgehead atoms. The SMILES string of the molecule is CC(CNC(=O)C1CCC(C(=O)O)CC1)CN1CCCC1. The lowest BCUT2D eigenvalue weighted by Gasteiger charge is -2.26. The van der Waals surface area contributed by atoms with Gasteiger partial charge in [-0.1, -0.05) is 6.92 Å². The molecule has 1 amide bonds. The van der Waals surface area contributed by atoms with Crippen LogP contribution in [-0.2, 0) is 9.59 Å². The van der Waals surface area contributed by atoms with Crippen LogP contribution in [0.4, 0.5) is 0 Å². The molecule has 1 saturated carbocycles. The average molecular weight is 296 g/mol. The predicted molar refractivity (Wildman–Crippen MR) is 80.9 cm³/mol. The molecule has 1 unspecified atom stereocenters. The van der Waals surface area contributed by atoms with Crippen LogP contribution in [0.5, 0.6) is 0 Å². The summed E-state index contributed by atoms with van der Waals surface area (Å²) in [4.78, 5) is 25.5. The normalized spacial score (nSPS) is 28.2. The molecule has 0 aromatic rings. The highest BCUT2D eigenvalue weighted by atomic mass is 16.4. The van der Waals surface area contributed by atoms with Gasteiger partial charge in [-0.25, -0.2) is 0 Å². The molecule has 1 aliphatic heterocycles. The fraction of sp³-hybridized carbons (Fsp3) is 0.875. The van der Waals surface area contributed by atoms with Crippen LogP contribution < -0.4 is 5.32 Å². The molecule has 1 aliphatic carbocycles. The number of carbonyl (C=O) groups excluding carboxylic acids is 1. The molecule has 21 heavy (non-hydrogen) atoms. The predicted octanol–water partition coefficient (Wildman–Crippen LogP) is 1.73. The average Bonchev–Trinajstić information content (AvgIpc) is 2.97. The monoisotopic (exact) mass is 296 g/mol. The second-order valence-electron chi connectivity index (χ2n) is 6.74. The van der Waals surface area contributed by atoms with Crippen molar-refractivity contribution in [1.29, 1.82) is 0 Å². The molecule has 0 aromatic carbocycles. The van der Waals surface area contributed by atoms with Gasteiger partial charge in [0.2, 0.25) is 5.91 Å². The second-order valence-corrected chi connectivity index (χ2v) is 6.74. The third kappa shape index (κ3) is 4.99. The van der Waals surface area contributed by atoms with E-state index < -0.39 is 5.97 Å². The number of likely N-dealkylation sites (tertiary alicyclic amines) is 1. The number of hydrogen-bond acceptors (Lipinski definition) is 3. The van der Waals surface area contributed by atoms with Crippen LogP contribution in [0, 0.1) is 17.8 Å². The first kappa shape index (κ1) is 16.3. The number of carbonyl (C=O) groups is 2. The summed E-state index contributed by atoms with van der Waals surface area (Å²) in [5.41, 5.74) is 0. The molecule has 2 fully saturated rings. The summed E-state index contributed by atoms with van der Waals surface area (Å²) in [6, 6.07) is 0. The molecular formula is C16H28N2O3. The molecule has 2 aliphatic rings. The standard InChI is InChI=1S/C16H28N2O3/c1-12(11-18-8-2-3-9-18)10-17-15(19)13-4-6-14(7-5-13)16(20)21/h12-14H,2-11H2,1H3,(H,17,19)(H,20,21). The van der Waals surface area contributed by atoms with E-state index in [2.05, 4.69) is 17.1 Å². The van der Waals surface area contributed by atoms with Crippen LogP contribution in [0.2, 0.25) is 0 Å². The van der Waals surface area contributed by atoms with Crippen LogP contribution in [-0.4, -0.2) is 48.1 Å². The zero-order valence-electron chi connectivity index (χ0n) is 13.0. The number of nitrogens with zero attached hydrogens (tertiary/aromatic N) is 1. The lowest BCUT2D eigenvalue weighted by atomic mass is 9.81. The number of nitrogens with one attached hydrogen (secondary N) is 1. The Kier molecular flexibility index (Phi) is 6.03. The maximum absolute atomic E-state index is 12.1. The highest BCUT2D eigenvalue weighted by Gasteiger charge is 2.29. The summed E-state index contributed by atoms with van der Waals surface area (Å²) in [6.07, 6.45) is 5.29. The van der Waals surface area contributed by atoms with Crippen molar-refractivity contribution in [2.24, 2.45) is 17.8 Å². The number of hydrogen-bond donors (Lipinski definition) is 2. The van der Waals surface area contributed by atoms with Gasteiger partial charge in [0, 0.05) is 19.0 Å². The quantitative estimate of drug-likeness (QED) is 0.783. The van der Waals surface area contributed by atoms with Gasteiger partial charge in [-0.15, -0.1) is 0 Å². The van der Waals surface area contributed by atoms with Gasteiger partial charge in [-0.3, -0.25) is 9.59 Å². The first-order chi connectivity index (χ1) is 10.1. The van der Waals surface area contributed by atoms with Gasteiger partial charge < -0.3 is 15.3 Å². The maximum atomic E-state index is 12.1. The van der Waals surface area contributed by atoms with Gasteiger partial charge in [0.05, 0.1) is 5.92 Å². The lowest BCUT2D eigenvalue weighted by molar-refractivity contribution is -0.144. The van der Waals surface area contributed by atoms with E-state index in [1.165, 1.54) is 25.9 Å². The molecule has 5 heteroatoms. The van der Waals surface area contributed by atoms with Crippen molar-refractivity contribution >= 4 is 11.9 Å². The van der Waals surface area contributed by atoms with Gasteiger partial charge in [-0.05, 0) is 57.5 Å². The van der Waals surface area contributed by atoms with E-state index in [9.17, 15) is 9.59 Å². The molecule has 1 heterocycles. The molecule has 5 nitrogen and oxygen atoms in total. The van der Waals surface area contributed by atoms with Crippen molar-refractivity contribution in [2.45, 2.75) is 45.4 Å². The molecule has 1 saturated heterocycles. The third-order valence-corrected chi connectivity index (χ3v) is 4.84. The van der Waals surface area contributed by atoms with Crippen LogP contribution >= 0.6 is 0 Å². The smallest absolute Gasteiger partial charge is 0.306 e. The topological polar surface area (TPSA) is 69.6 Å². The van der Waals surface area contributed by atoms with E-state index >= 15 is 0 Å². The third-order valence-electron chi connectivity index (χ3n) is 4.84. The molecule has 1 atom stereocenters. The second kappa shape index (κ2) is 7.78. The van der Waals surface area contributed by atoms with Gasteiger partial charge in [0.1, 0.15) is 0 Å². The van der Waals surface area contributed by atoms with Crippen molar-refractivity contribution in [3.8, 4) is 0 Å². The summed E-state index contributed by atoms with van der Waals surface area (Å²) in [6.45, 7) is 6.36. The van der Waals surface area contributed by atoms with E-state index in [-0.39, 0.29) is 17.7 Å². The Labute approximate surface area is 127 Å². The minimum Gasteiger partial charge on any atom is -0.481 e. The highest BCUT2D eigenvalue weighted by molar-refractivity contribution is 5.79. The summed E-state index contributed by atoms with van der Waals surface area (Å²) in [5.74, 6) is -0.356. The Bertz CT molecular complexity index is 359.